The molecule has 120 valence electrons. The Labute approximate surface area is 127 Å². The minimum atomic E-state index is -0.749. The summed E-state index contributed by atoms with van der Waals surface area (Å²) in [6.07, 6.45) is 6.26. The summed E-state index contributed by atoms with van der Waals surface area (Å²) >= 11 is 0. The molecule has 21 heavy (non-hydrogen) atoms. The molecule has 2 atom stereocenters. The maximum atomic E-state index is 12.9. The lowest BCUT2D eigenvalue weighted by Crippen LogP contribution is -2.71. The van der Waals surface area contributed by atoms with Crippen molar-refractivity contribution < 1.29 is 14.3 Å². The van der Waals surface area contributed by atoms with Crippen LogP contribution in [0.25, 0.3) is 0 Å². The van der Waals surface area contributed by atoms with Crippen molar-refractivity contribution in [3.8, 4) is 0 Å². The van der Waals surface area contributed by atoms with Gasteiger partial charge in [0.15, 0.2) is 0 Å². The molecule has 2 aliphatic rings. The molecule has 0 bridgehead atoms. The summed E-state index contributed by atoms with van der Waals surface area (Å²) in [5.41, 5.74) is -0.749. The molecule has 1 N–H and O–H groups in total. The molecular weight excluding hydrogens is 268 g/mol. The van der Waals surface area contributed by atoms with Crippen LogP contribution in [-0.4, -0.2) is 48.6 Å². The number of nitrogens with zero attached hydrogens (tertiary/aromatic N) is 1. The van der Waals surface area contributed by atoms with Crippen molar-refractivity contribution in [2.75, 3.05) is 20.3 Å². The van der Waals surface area contributed by atoms with Gasteiger partial charge in [0.1, 0.15) is 11.6 Å². The summed E-state index contributed by atoms with van der Waals surface area (Å²) in [6, 6.07) is -0.339. The van der Waals surface area contributed by atoms with Crippen LogP contribution >= 0.6 is 0 Å². The summed E-state index contributed by atoms with van der Waals surface area (Å²) in [7, 11) is 1.62. The standard InChI is InChI=1S/C16H28N2O3/c1-4-16(2)15(20)17-13(12-8-6-5-7-9-12)14(19)18(16)10-11-21-3/h12-13H,4-11H2,1-3H3,(H,17,20). The summed E-state index contributed by atoms with van der Waals surface area (Å²) in [5, 5.41) is 3.01. The van der Waals surface area contributed by atoms with Gasteiger partial charge >= 0.3 is 0 Å². The van der Waals surface area contributed by atoms with Gasteiger partial charge in [-0.1, -0.05) is 26.2 Å². The maximum absolute atomic E-state index is 12.9. The van der Waals surface area contributed by atoms with Crippen LogP contribution in [0.5, 0.6) is 0 Å². The van der Waals surface area contributed by atoms with Crippen molar-refractivity contribution in [3.05, 3.63) is 0 Å². The highest BCUT2D eigenvalue weighted by atomic mass is 16.5. The van der Waals surface area contributed by atoms with Crippen LogP contribution in [0.15, 0.2) is 0 Å². The average molecular weight is 296 g/mol. The van der Waals surface area contributed by atoms with E-state index in [2.05, 4.69) is 5.32 Å². The molecule has 0 aromatic heterocycles. The molecule has 1 saturated carbocycles. The van der Waals surface area contributed by atoms with Gasteiger partial charge in [0.05, 0.1) is 6.61 Å². The van der Waals surface area contributed by atoms with Crippen molar-refractivity contribution in [1.82, 2.24) is 10.2 Å². The lowest BCUT2D eigenvalue weighted by molar-refractivity contribution is -0.159. The molecule has 5 heteroatoms. The Kier molecular flexibility index (Phi) is 5.25. The number of hydrogen-bond donors (Lipinski definition) is 1. The predicted octanol–water partition coefficient (Wildman–Crippen LogP) is 1.71. The number of rotatable bonds is 5. The Bertz CT molecular complexity index is 393. The molecule has 0 radical (unpaired) electrons. The van der Waals surface area contributed by atoms with Crippen LogP contribution in [0, 0.1) is 5.92 Å². The Hall–Kier alpha value is -1.10. The van der Waals surface area contributed by atoms with Gasteiger partial charge in [0, 0.05) is 13.7 Å². The van der Waals surface area contributed by atoms with E-state index in [0.717, 1.165) is 25.7 Å². The second-order valence-corrected chi connectivity index (χ2v) is 6.46. The molecule has 1 saturated heterocycles. The third-order valence-corrected chi connectivity index (χ3v) is 5.23. The quantitative estimate of drug-likeness (QED) is 0.840. The van der Waals surface area contributed by atoms with Crippen LogP contribution in [0.1, 0.15) is 52.4 Å². The van der Waals surface area contributed by atoms with Gasteiger partial charge in [-0.15, -0.1) is 0 Å². The molecule has 1 heterocycles. The number of carbonyl (C=O) groups excluding carboxylic acids is 2. The highest BCUT2D eigenvalue weighted by molar-refractivity contribution is 5.99. The van der Waals surface area contributed by atoms with Crippen molar-refractivity contribution in [2.45, 2.75) is 64.0 Å². The largest absolute Gasteiger partial charge is 0.383 e. The minimum absolute atomic E-state index is 0.0173. The topological polar surface area (TPSA) is 58.6 Å². The first-order valence-corrected chi connectivity index (χ1v) is 8.16. The van der Waals surface area contributed by atoms with Crippen molar-refractivity contribution in [1.29, 1.82) is 0 Å². The van der Waals surface area contributed by atoms with Gasteiger partial charge < -0.3 is 15.0 Å². The Morgan fingerprint density at radius 3 is 2.52 bits per heavy atom. The highest BCUT2D eigenvalue weighted by Gasteiger charge is 2.49. The molecule has 0 spiro atoms. The minimum Gasteiger partial charge on any atom is -0.383 e. The van der Waals surface area contributed by atoms with E-state index >= 15 is 0 Å². The molecule has 1 aliphatic carbocycles. The molecule has 1 aliphatic heterocycles. The molecule has 0 aromatic rings. The van der Waals surface area contributed by atoms with Crippen molar-refractivity contribution in [2.24, 2.45) is 5.92 Å². The molecule has 2 unspecified atom stereocenters. The van der Waals surface area contributed by atoms with E-state index in [1.807, 2.05) is 13.8 Å². The van der Waals surface area contributed by atoms with E-state index in [1.54, 1.807) is 12.0 Å². The molecule has 2 rings (SSSR count). The maximum Gasteiger partial charge on any atom is 0.246 e. The van der Waals surface area contributed by atoms with E-state index in [4.69, 9.17) is 4.74 Å². The molecule has 5 nitrogen and oxygen atoms in total. The number of ether oxygens (including phenoxy) is 1. The number of carbonyl (C=O) groups is 2. The van der Waals surface area contributed by atoms with Gasteiger partial charge in [-0.05, 0) is 32.1 Å². The van der Waals surface area contributed by atoms with Gasteiger partial charge in [-0.2, -0.15) is 0 Å². The number of amides is 2. The SMILES string of the molecule is CCC1(C)C(=O)NC(C2CCCCC2)C(=O)N1CCOC. The highest BCUT2D eigenvalue weighted by Crippen LogP contribution is 2.32. The fraction of sp³-hybridized carbons (Fsp3) is 0.875. The van der Waals surface area contributed by atoms with Gasteiger partial charge in [0.2, 0.25) is 11.8 Å². The lowest BCUT2D eigenvalue weighted by Gasteiger charge is -2.48. The monoisotopic (exact) mass is 296 g/mol. The number of hydrogen-bond acceptors (Lipinski definition) is 3. The van der Waals surface area contributed by atoms with E-state index in [-0.39, 0.29) is 17.9 Å². The Morgan fingerprint density at radius 1 is 1.29 bits per heavy atom. The number of piperazine rings is 1. The van der Waals surface area contributed by atoms with Crippen LogP contribution in [0.2, 0.25) is 0 Å². The van der Waals surface area contributed by atoms with Crippen LogP contribution in [-0.2, 0) is 14.3 Å². The first-order valence-electron chi connectivity index (χ1n) is 8.16. The van der Waals surface area contributed by atoms with E-state index in [1.165, 1.54) is 6.42 Å². The summed E-state index contributed by atoms with van der Waals surface area (Å²) < 4.78 is 5.12. The average Bonchev–Trinajstić information content (AvgIpc) is 2.51. The van der Waals surface area contributed by atoms with Crippen LogP contribution in [0.3, 0.4) is 0 Å². The molecule has 2 amide bonds. The molecule has 2 fully saturated rings. The zero-order valence-corrected chi connectivity index (χ0v) is 13.5. The lowest BCUT2D eigenvalue weighted by atomic mass is 9.80. The summed E-state index contributed by atoms with van der Waals surface area (Å²) in [5.74, 6) is 0.348. The smallest absolute Gasteiger partial charge is 0.246 e. The van der Waals surface area contributed by atoms with Crippen molar-refractivity contribution in [3.63, 3.8) is 0 Å². The Balaban J connectivity index is 2.19. The second-order valence-electron chi connectivity index (χ2n) is 6.46. The van der Waals surface area contributed by atoms with Crippen LogP contribution in [0.4, 0.5) is 0 Å². The van der Waals surface area contributed by atoms with E-state index in [9.17, 15) is 9.59 Å². The van der Waals surface area contributed by atoms with E-state index in [0.29, 0.717) is 25.5 Å². The predicted molar refractivity (Wildman–Crippen MR) is 80.8 cm³/mol. The first kappa shape index (κ1) is 16.3. The second kappa shape index (κ2) is 6.77. The normalized spacial score (nSPS) is 31.4. The first-order chi connectivity index (χ1) is 10.0. The van der Waals surface area contributed by atoms with E-state index < -0.39 is 5.54 Å². The third kappa shape index (κ3) is 3.07. The van der Waals surface area contributed by atoms with Gasteiger partial charge in [-0.3, -0.25) is 9.59 Å². The summed E-state index contributed by atoms with van der Waals surface area (Å²) in [6.45, 7) is 4.75. The fourth-order valence-corrected chi connectivity index (χ4v) is 3.57. The van der Waals surface area contributed by atoms with Gasteiger partial charge in [0.25, 0.3) is 0 Å². The zero-order valence-electron chi connectivity index (χ0n) is 13.5. The zero-order chi connectivity index (χ0) is 15.5. The third-order valence-electron chi connectivity index (χ3n) is 5.23. The molecular formula is C16H28N2O3. The summed E-state index contributed by atoms with van der Waals surface area (Å²) in [4.78, 5) is 27.2. The number of nitrogens with one attached hydrogen (secondary N) is 1. The number of methoxy groups -OCH3 is 1. The molecule has 0 aromatic carbocycles. The van der Waals surface area contributed by atoms with Crippen molar-refractivity contribution >= 4 is 11.8 Å². The van der Waals surface area contributed by atoms with Crippen LogP contribution < -0.4 is 5.32 Å². The fourth-order valence-electron chi connectivity index (χ4n) is 3.57. The van der Waals surface area contributed by atoms with Gasteiger partial charge in [-0.25, -0.2) is 0 Å². The Morgan fingerprint density at radius 2 is 1.95 bits per heavy atom.